The average molecular weight is 409 g/mol. The number of anilines is 1. The van der Waals surface area contributed by atoms with Crippen LogP contribution in [0.1, 0.15) is 18.1 Å². The second-order valence-corrected chi connectivity index (χ2v) is 6.77. The van der Waals surface area contributed by atoms with Crippen molar-refractivity contribution in [3.63, 3.8) is 0 Å². The zero-order valence-electron chi connectivity index (χ0n) is 16.8. The number of fused-ring (bicyclic) bond motifs is 1. The van der Waals surface area contributed by atoms with Crippen molar-refractivity contribution in [3.8, 4) is 23.0 Å². The van der Waals surface area contributed by atoms with Crippen LogP contribution in [-0.2, 0) is 13.2 Å². The van der Waals surface area contributed by atoms with E-state index >= 15 is 0 Å². The summed E-state index contributed by atoms with van der Waals surface area (Å²) >= 11 is 0. The van der Waals surface area contributed by atoms with Gasteiger partial charge in [-0.3, -0.25) is 0 Å². The Morgan fingerprint density at radius 1 is 0.900 bits per heavy atom. The first-order valence-electron chi connectivity index (χ1n) is 9.99. The minimum Gasteiger partial charge on any atom is -0.490 e. The van der Waals surface area contributed by atoms with Gasteiger partial charge in [-0.05, 0) is 31.2 Å². The molecule has 156 valence electrons. The summed E-state index contributed by atoms with van der Waals surface area (Å²) in [5.74, 6) is 2.43. The molecule has 0 saturated heterocycles. The summed E-state index contributed by atoms with van der Waals surface area (Å²) in [6, 6.07) is 18.1. The van der Waals surface area contributed by atoms with Crippen molar-refractivity contribution in [1.29, 1.82) is 0 Å². The van der Waals surface area contributed by atoms with E-state index in [9.17, 15) is 4.39 Å². The number of hydrogen-bond donors (Lipinski definition) is 1. The Bertz CT molecular complexity index is 1010. The van der Waals surface area contributed by atoms with Gasteiger partial charge in [-0.25, -0.2) is 4.39 Å². The van der Waals surface area contributed by atoms with Crippen molar-refractivity contribution in [2.75, 3.05) is 25.1 Å². The Balaban J connectivity index is 1.52. The van der Waals surface area contributed by atoms with Crippen molar-refractivity contribution < 1.29 is 23.3 Å². The van der Waals surface area contributed by atoms with Crippen LogP contribution < -0.4 is 24.3 Å². The summed E-state index contributed by atoms with van der Waals surface area (Å²) in [6.45, 7) is 4.16. The van der Waals surface area contributed by atoms with Crippen molar-refractivity contribution in [2.24, 2.45) is 0 Å². The van der Waals surface area contributed by atoms with Crippen LogP contribution in [0.4, 0.5) is 10.1 Å². The largest absolute Gasteiger partial charge is 0.490 e. The molecule has 0 radical (unpaired) electrons. The van der Waals surface area contributed by atoms with Crippen LogP contribution >= 0.6 is 0 Å². The van der Waals surface area contributed by atoms with E-state index in [4.69, 9.17) is 18.9 Å². The summed E-state index contributed by atoms with van der Waals surface area (Å²) in [5, 5.41) is 3.39. The number of ether oxygens (including phenoxy) is 4. The molecule has 0 saturated carbocycles. The zero-order chi connectivity index (χ0) is 20.8. The van der Waals surface area contributed by atoms with E-state index in [2.05, 4.69) is 5.32 Å². The molecule has 0 aliphatic carbocycles. The maximum absolute atomic E-state index is 14.0. The molecule has 3 aromatic carbocycles. The fraction of sp³-hybridized carbons (Fsp3) is 0.250. The number of nitrogens with one attached hydrogen (secondary N) is 1. The summed E-state index contributed by atoms with van der Waals surface area (Å²) < 4.78 is 37.0. The van der Waals surface area contributed by atoms with Crippen LogP contribution in [0.3, 0.4) is 0 Å². The molecule has 1 heterocycles. The van der Waals surface area contributed by atoms with Crippen molar-refractivity contribution in [3.05, 3.63) is 77.6 Å². The van der Waals surface area contributed by atoms with Crippen LogP contribution in [-0.4, -0.2) is 19.8 Å². The molecule has 4 rings (SSSR count). The van der Waals surface area contributed by atoms with Gasteiger partial charge in [0, 0.05) is 29.4 Å². The van der Waals surface area contributed by atoms with E-state index in [1.807, 2.05) is 43.3 Å². The van der Waals surface area contributed by atoms with E-state index in [1.54, 1.807) is 18.2 Å². The van der Waals surface area contributed by atoms with Crippen LogP contribution in [0, 0.1) is 5.82 Å². The molecule has 3 aromatic rings. The van der Waals surface area contributed by atoms with Gasteiger partial charge in [-0.2, -0.15) is 0 Å². The molecule has 0 amide bonds. The summed E-state index contributed by atoms with van der Waals surface area (Å²) in [5.41, 5.74) is 2.31. The molecule has 1 aliphatic heterocycles. The lowest BCUT2D eigenvalue weighted by molar-refractivity contribution is 0.171. The Hall–Kier alpha value is -3.41. The van der Waals surface area contributed by atoms with Gasteiger partial charge in [0.05, 0.1) is 6.61 Å². The lowest BCUT2D eigenvalue weighted by Crippen LogP contribution is -2.15. The number of halogens is 1. The van der Waals surface area contributed by atoms with Crippen molar-refractivity contribution in [2.45, 2.75) is 20.1 Å². The first kappa shape index (κ1) is 19.9. The Kier molecular flexibility index (Phi) is 6.23. The standard InChI is InChI=1S/C24H24FNO4/c1-2-27-22-9-5-7-17(24(22)30-16-18-6-3-4-8-20(18)25)15-26-19-10-11-21-23(14-19)29-13-12-28-21/h3-11,14,26H,2,12-13,15-16H2,1H3. The highest BCUT2D eigenvalue weighted by Gasteiger charge is 2.14. The van der Waals surface area contributed by atoms with Crippen molar-refractivity contribution in [1.82, 2.24) is 0 Å². The molecule has 5 nitrogen and oxygen atoms in total. The second kappa shape index (κ2) is 9.39. The molecule has 30 heavy (non-hydrogen) atoms. The first-order chi connectivity index (χ1) is 14.7. The number of rotatable bonds is 8. The molecule has 0 unspecified atom stereocenters. The van der Waals surface area contributed by atoms with E-state index in [1.165, 1.54) is 6.07 Å². The maximum atomic E-state index is 14.0. The average Bonchev–Trinajstić information content (AvgIpc) is 2.78. The predicted octanol–water partition coefficient (Wildman–Crippen LogP) is 5.19. The lowest BCUT2D eigenvalue weighted by Gasteiger charge is -2.20. The van der Waals surface area contributed by atoms with Crippen LogP contribution in [0.15, 0.2) is 60.7 Å². The molecule has 0 bridgehead atoms. The first-order valence-corrected chi connectivity index (χ1v) is 9.99. The molecule has 1 aliphatic rings. The monoisotopic (exact) mass is 409 g/mol. The quantitative estimate of drug-likeness (QED) is 0.555. The van der Waals surface area contributed by atoms with Gasteiger partial charge in [0.15, 0.2) is 23.0 Å². The predicted molar refractivity (Wildman–Crippen MR) is 113 cm³/mol. The number of benzene rings is 3. The van der Waals surface area contributed by atoms with Gasteiger partial charge >= 0.3 is 0 Å². The summed E-state index contributed by atoms with van der Waals surface area (Å²) in [6.07, 6.45) is 0. The molecule has 0 fully saturated rings. The number of para-hydroxylation sites is 1. The topological polar surface area (TPSA) is 49.0 Å². The van der Waals surface area contributed by atoms with Gasteiger partial charge in [-0.1, -0.05) is 30.3 Å². The Labute approximate surface area is 175 Å². The number of hydrogen-bond acceptors (Lipinski definition) is 5. The fourth-order valence-corrected chi connectivity index (χ4v) is 3.25. The molecule has 0 aromatic heterocycles. The molecule has 6 heteroatoms. The van der Waals surface area contributed by atoms with E-state index in [0.717, 1.165) is 22.7 Å². The minimum absolute atomic E-state index is 0.119. The Morgan fingerprint density at radius 3 is 2.53 bits per heavy atom. The van der Waals surface area contributed by atoms with Crippen LogP contribution in [0.5, 0.6) is 23.0 Å². The SMILES string of the molecule is CCOc1cccc(CNc2ccc3c(c2)OCCO3)c1OCc1ccccc1F. The van der Waals surface area contributed by atoms with Crippen molar-refractivity contribution >= 4 is 5.69 Å². The van der Waals surface area contributed by atoms with E-state index < -0.39 is 0 Å². The third-order valence-corrected chi connectivity index (χ3v) is 4.72. The van der Waals surface area contributed by atoms with Gasteiger partial charge in [0.2, 0.25) is 0 Å². The van der Waals surface area contributed by atoms with E-state index in [0.29, 0.717) is 43.4 Å². The molecule has 1 N–H and O–H groups in total. The van der Waals surface area contributed by atoms with E-state index in [-0.39, 0.29) is 12.4 Å². The maximum Gasteiger partial charge on any atom is 0.166 e. The molecule has 0 spiro atoms. The highest BCUT2D eigenvalue weighted by atomic mass is 19.1. The highest BCUT2D eigenvalue weighted by Crippen LogP contribution is 2.35. The van der Waals surface area contributed by atoms with Crippen LogP contribution in [0.25, 0.3) is 0 Å². The summed E-state index contributed by atoms with van der Waals surface area (Å²) in [4.78, 5) is 0. The van der Waals surface area contributed by atoms with Gasteiger partial charge < -0.3 is 24.3 Å². The van der Waals surface area contributed by atoms with Gasteiger partial charge in [0.25, 0.3) is 0 Å². The molecular weight excluding hydrogens is 385 g/mol. The Morgan fingerprint density at radius 2 is 1.70 bits per heavy atom. The molecular formula is C24H24FNO4. The third kappa shape index (κ3) is 4.59. The van der Waals surface area contributed by atoms with Gasteiger partial charge in [0.1, 0.15) is 25.6 Å². The zero-order valence-corrected chi connectivity index (χ0v) is 16.8. The molecule has 0 atom stereocenters. The second-order valence-electron chi connectivity index (χ2n) is 6.77. The minimum atomic E-state index is -0.289. The normalized spacial score (nSPS) is 12.3. The smallest absolute Gasteiger partial charge is 0.166 e. The van der Waals surface area contributed by atoms with Crippen LogP contribution in [0.2, 0.25) is 0 Å². The fourth-order valence-electron chi connectivity index (χ4n) is 3.25. The highest BCUT2D eigenvalue weighted by molar-refractivity contribution is 5.56. The van der Waals surface area contributed by atoms with Gasteiger partial charge in [-0.15, -0.1) is 0 Å². The third-order valence-electron chi connectivity index (χ3n) is 4.72. The summed E-state index contributed by atoms with van der Waals surface area (Å²) in [7, 11) is 0. The lowest BCUT2D eigenvalue weighted by atomic mass is 10.1.